The number of nitrogens with one attached hydrogen (secondary N) is 1. The highest BCUT2D eigenvalue weighted by atomic mass is 19.1. The first kappa shape index (κ1) is 15.1. The van der Waals surface area contributed by atoms with Crippen molar-refractivity contribution in [2.75, 3.05) is 0 Å². The van der Waals surface area contributed by atoms with Crippen molar-refractivity contribution in [1.29, 1.82) is 0 Å². The number of nitrogens with zero attached hydrogens (tertiary/aromatic N) is 1. The summed E-state index contributed by atoms with van der Waals surface area (Å²) in [4.78, 5) is 10.4. The number of hydrogen-bond acceptors (Lipinski definition) is 3. The van der Waals surface area contributed by atoms with Crippen molar-refractivity contribution in [2.45, 2.75) is 20.0 Å². The van der Waals surface area contributed by atoms with Crippen LogP contribution in [0, 0.1) is 28.7 Å². The molecule has 0 amide bonds. The minimum atomic E-state index is -0.620. The van der Waals surface area contributed by atoms with Gasteiger partial charge in [0, 0.05) is 36.3 Å². The zero-order valence-corrected chi connectivity index (χ0v) is 11.4. The predicted octanol–water partition coefficient (Wildman–Crippen LogP) is 3.47. The highest BCUT2D eigenvalue weighted by molar-refractivity contribution is 5.42. The molecular weight excluding hydrogens is 278 g/mol. The summed E-state index contributed by atoms with van der Waals surface area (Å²) < 4.78 is 26.2. The van der Waals surface area contributed by atoms with Crippen LogP contribution >= 0.6 is 0 Å². The van der Waals surface area contributed by atoms with Gasteiger partial charge in [0.2, 0.25) is 0 Å². The monoisotopic (exact) mass is 292 g/mol. The van der Waals surface area contributed by atoms with Crippen LogP contribution < -0.4 is 5.32 Å². The molecule has 0 spiro atoms. The summed E-state index contributed by atoms with van der Waals surface area (Å²) >= 11 is 0. The Balaban J connectivity index is 2.00. The number of benzene rings is 2. The van der Waals surface area contributed by atoms with E-state index in [1.165, 1.54) is 18.2 Å². The molecule has 2 rings (SSSR count). The molecule has 0 bridgehead atoms. The molecular formula is C15H14F2N2O2. The van der Waals surface area contributed by atoms with Gasteiger partial charge in [-0.3, -0.25) is 10.1 Å². The molecule has 0 fully saturated rings. The second kappa shape index (κ2) is 6.41. The van der Waals surface area contributed by atoms with Crippen LogP contribution in [0.4, 0.5) is 14.5 Å². The Morgan fingerprint density at radius 3 is 2.57 bits per heavy atom. The third-order valence-corrected chi connectivity index (χ3v) is 3.13. The lowest BCUT2D eigenvalue weighted by Gasteiger charge is -2.07. The van der Waals surface area contributed by atoms with Crippen LogP contribution in [-0.4, -0.2) is 4.92 Å². The topological polar surface area (TPSA) is 55.2 Å². The zero-order chi connectivity index (χ0) is 15.4. The van der Waals surface area contributed by atoms with Crippen LogP contribution in [0.1, 0.15) is 16.7 Å². The average molecular weight is 292 g/mol. The molecule has 2 aromatic carbocycles. The standard InChI is InChI=1S/C15H14F2N2O2/c1-10-2-3-11(6-15(10)19(20)21)8-18-9-12-4-5-13(16)7-14(12)17/h2-7,18H,8-9H2,1H3. The van der Waals surface area contributed by atoms with Gasteiger partial charge in [-0.1, -0.05) is 18.2 Å². The lowest BCUT2D eigenvalue weighted by atomic mass is 10.1. The lowest BCUT2D eigenvalue weighted by molar-refractivity contribution is -0.385. The Labute approximate surface area is 120 Å². The van der Waals surface area contributed by atoms with Crippen LogP contribution in [0.5, 0.6) is 0 Å². The largest absolute Gasteiger partial charge is 0.309 e. The molecule has 0 saturated carbocycles. The van der Waals surface area contributed by atoms with Crippen molar-refractivity contribution < 1.29 is 13.7 Å². The molecule has 0 aliphatic heterocycles. The summed E-state index contributed by atoms with van der Waals surface area (Å²) in [7, 11) is 0. The summed E-state index contributed by atoms with van der Waals surface area (Å²) in [6, 6.07) is 8.33. The average Bonchev–Trinajstić information content (AvgIpc) is 2.42. The third-order valence-electron chi connectivity index (χ3n) is 3.13. The van der Waals surface area contributed by atoms with Crippen molar-refractivity contribution in [2.24, 2.45) is 0 Å². The number of rotatable bonds is 5. The normalized spacial score (nSPS) is 10.6. The minimum absolute atomic E-state index is 0.0577. The first-order chi connectivity index (χ1) is 9.97. The Morgan fingerprint density at radius 1 is 1.14 bits per heavy atom. The maximum atomic E-state index is 13.4. The molecule has 1 N–H and O–H groups in total. The van der Waals surface area contributed by atoms with Gasteiger partial charge < -0.3 is 5.32 Å². The Hall–Kier alpha value is -2.34. The van der Waals surface area contributed by atoms with Crippen LogP contribution in [0.2, 0.25) is 0 Å². The Morgan fingerprint density at radius 2 is 1.90 bits per heavy atom. The molecule has 0 aliphatic carbocycles. The van der Waals surface area contributed by atoms with Gasteiger partial charge in [-0.25, -0.2) is 8.78 Å². The van der Waals surface area contributed by atoms with Crippen molar-refractivity contribution in [3.63, 3.8) is 0 Å². The molecule has 0 unspecified atom stereocenters. The number of hydrogen-bond donors (Lipinski definition) is 1. The van der Waals surface area contributed by atoms with Gasteiger partial charge in [0.15, 0.2) is 0 Å². The van der Waals surface area contributed by atoms with E-state index in [0.29, 0.717) is 17.7 Å². The SMILES string of the molecule is Cc1ccc(CNCc2ccc(F)cc2F)cc1[N+](=O)[O-]. The molecule has 0 radical (unpaired) electrons. The molecule has 0 aliphatic rings. The van der Waals surface area contributed by atoms with Crippen LogP contribution in [-0.2, 0) is 13.1 Å². The zero-order valence-electron chi connectivity index (χ0n) is 11.4. The Bertz CT molecular complexity index is 675. The quantitative estimate of drug-likeness (QED) is 0.678. The van der Waals surface area contributed by atoms with Crippen molar-refractivity contribution in [3.05, 3.63) is 74.8 Å². The van der Waals surface area contributed by atoms with Gasteiger partial charge in [0.25, 0.3) is 5.69 Å². The van der Waals surface area contributed by atoms with E-state index in [2.05, 4.69) is 5.32 Å². The molecule has 0 heterocycles. The number of halogens is 2. The van der Waals surface area contributed by atoms with Crippen molar-refractivity contribution in [1.82, 2.24) is 5.32 Å². The Kier molecular flexibility index (Phi) is 4.59. The molecule has 0 aromatic heterocycles. The van der Waals surface area contributed by atoms with Crippen LogP contribution in [0.25, 0.3) is 0 Å². The van der Waals surface area contributed by atoms with Gasteiger partial charge in [-0.15, -0.1) is 0 Å². The molecule has 0 saturated heterocycles. The van der Waals surface area contributed by atoms with Crippen molar-refractivity contribution >= 4 is 5.69 Å². The highest BCUT2D eigenvalue weighted by Gasteiger charge is 2.11. The van der Waals surface area contributed by atoms with Gasteiger partial charge in [0.1, 0.15) is 11.6 Å². The van der Waals surface area contributed by atoms with E-state index in [9.17, 15) is 18.9 Å². The van der Waals surface area contributed by atoms with Crippen LogP contribution in [0.15, 0.2) is 36.4 Å². The fourth-order valence-electron chi connectivity index (χ4n) is 1.97. The van der Waals surface area contributed by atoms with Gasteiger partial charge in [0.05, 0.1) is 4.92 Å². The fourth-order valence-corrected chi connectivity index (χ4v) is 1.97. The number of aryl methyl sites for hydroxylation is 1. The van der Waals surface area contributed by atoms with Gasteiger partial charge in [-0.05, 0) is 18.6 Å². The molecule has 110 valence electrons. The first-order valence-corrected chi connectivity index (χ1v) is 6.36. The van der Waals surface area contributed by atoms with E-state index < -0.39 is 16.6 Å². The summed E-state index contributed by atoms with van der Waals surface area (Å²) in [5.41, 5.74) is 1.73. The van der Waals surface area contributed by atoms with E-state index in [0.717, 1.165) is 11.6 Å². The van der Waals surface area contributed by atoms with Gasteiger partial charge in [-0.2, -0.15) is 0 Å². The molecule has 21 heavy (non-hydrogen) atoms. The molecule has 0 atom stereocenters. The summed E-state index contributed by atoms with van der Waals surface area (Å²) in [5.74, 6) is -1.23. The van der Waals surface area contributed by atoms with E-state index in [1.54, 1.807) is 19.1 Å². The predicted molar refractivity (Wildman–Crippen MR) is 74.7 cm³/mol. The maximum Gasteiger partial charge on any atom is 0.272 e. The smallest absolute Gasteiger partial charge is 0.272 e. The highest BCUT2D eigenvalue weighted by Crippen LogP contribution is 2.19. The van der Waals surface area contributed by atoms with E-state index >= 15 is 0 Å². The summed E-state index contributed by atoms with van der Waals surface area (Å²) in [5, 5.41) is 13.8. The van der Waals surface area contributed by atoms with E-state index in [-0.39, 0.29) is 12.2 Å². The summed E-state index contributed by atoms with van der Waals surface area (Å²) in [6.45, 7) is 2.24. The molecule has 6 heteroatoms. The minimum Gasteiger partial charge on any atom is -0.309 e. The third kappa shape index (κ3) is 3.82. The second-order valence-corrected chi connectivity index (χ2v) is 4.72. The fraction of sp³-hybridized carbons (Fsp3) is 0.200. The van der Waals surface area contributed by atoms with E-state index in [1.807, 2.05) is 0 Å². The van der Waals surface area contributed by atoms with Gasteiger partial charge >= 0.3 is 0 Å². The van der Waals surface area contributed by atoms with Crippen molar-refractivity contribution in [3.8, 4) is 0 Å². The molecule has 2 aromatic rings. The maximum absolute atomic E-state index is 13.4. The van der Waals surface area contributed by atoms with E-state index in [4.69, 9.17) is 0 Å². The first-order valence-electron chi connectivity index (χ1n) is 6.36. The summed E-state index contributed by atoms with van der Waals surface area (Å²) in [6.07, 6.45) is 0. The number of nitro benzene ring substituents is 1. The molecule has 4 nitrogen and oxygen atoms in total. The van der Waals surface area contributed by atoms with Crippen LogP contribution in [0.3, 0.4) is 0 Å². The number of nitro groups is 1. The second-order valence-electron chi connectivity index (χ2n) is 4.72. The lowest BCUT2D eigenvalue weighted by Crippen LogP contribution is -2.14.